The minimum atomic E-state index is -1.66. The Balaban J connectivity index is 1.23. The molecule has 67 heavy (non-hydrogen) atoms. The lowest BCUT2D eigenvalue weighted by Gasteiger charge is -2.24. The van der Waals surface area contributed by atoms with Crippen LogP contribution in [-0.4, -0.2) is 88.3 Å². The van der Waals surface area contributed by atoms with Crippen LogP contribution in [-0.2, 0) is 14.3 Å². The molecule has 350 valence electrons. The van der Waals surface area contributed by atoms with Crippen molar-refractivity contribution in [3.05, 3.63) is 136 Å². The monoisotopic (exact) mass is 921 g/mol. The number of quaternary nitrogens is 1. The third-order valence-corrected chi connectivity index (χ3v) is 9.44. The number of hydrogen-bond donors (Lipinski definition) is 10. The Labute approximate surface area is 382 Å². The number of carbonyl (C=O) groups excluding carboxylic acids is 6. The number of amides is 6. The van der Waals surface area contributed by atoms with E-state index in [9.17, 15) is 49.0 Å². The van der Waals surface area contributed by atoms with Crippen molar-refractivity contribution in [3.8, 4) is 17.2 Å². The maximum Gasteiger partial charge on any atom is 0.335 e. The number of rotatable bonds is 19. The molecule has 5 aromatic rings. The van der Waals surface area contributed by atoms with Gasteiger partial charge in [-0.3, -0.25) is 28.8 Å². The van der Waals surface area contributed by atoms with Crippen molar-refractivity contribution < 1.29 is 68.4 Å². The third-order valence-electron chi connectivity index (χ3n) is 9.44. The number of aromatic carboxylic acids is 1. The van der Waals surface area contributed by atoms with Crippen molar-refractivity contribution in [2.75, 3.05) is 28.4 Å². The summed E-state index contributed by atoms with van der Waals surface area (Å²) in [5.41, 5.74) is 6.19. The lowest BCUT2D eigenvalue weighted by atomic mass is 10.1. The topological polar surface area (TPSA) is 322 Å². The molecule has 0 radical (unpaired) electrons. The maximum absolute atomic E-state index is 13.4. The van der Waals surface area contributed by atoms with Gasteiger partial charge in [0.25, 0.3) is 29.5 Å². The lowest BCUT2D eigenvalue weighted by molar-refractivity contribution is -0.991. The highest BCUT2D eigenvalue weighted by atomic mass is 16.8. The molecule has 0 aliphatic carbocycles. The molecule has 6 amide bonds. The van der Waals surface area contributed by atoms with Gasteiger partial charge in [-0.25, -0.2) is 10.0 Å². The van der Waals surface area contributed by atoms with Crippen molar-refractivity contribution >= 4 is 69.8 Å². The van der Waals surface area contributed by atoms with Gasteiger partial charge in [-0.2, -0.15) is 5.23 Å². The van der Waals surface area contributed by atoms with E-state index in [0.29, 0.717) is 5.69 Å². The molecular weight excluding hydrogens is 875 g/mol. The number of aromatic hydroxyl groups is 1. The van der Waals surface area contributed by atoms with Crippen molar-refractivity contribution in [3.63, 3.8) is 0 Å². The smallest absolute Gasteiger partial charge is 0.335 e. The summed E-state index contributed by atoms with van der Waals surface area (Å²) in [4.78, 5) is 90.1. The predicted molar refractivity (Wildman–Crippen MR) is 242 cm³/mol. The van der Waals surface area contributed by atoms with E-state index in [1.807, 2.05) is 0 Å². The molecule has 0 heterocycles. The second kappa shape index (κ2) is 22.0. The highest BCUT2D eigenvalue weighted by Gasteiger charge is 2.34. The summed E-state index contributed by atoms with van der Waals surface area (Å²) in [6.45, 7) is 6.77. The molecule has 21 heteroatoms. The summed E-state index contributed by atoms with van der Waals surface area (Å²) in [7, 11) is 1.13. The van der Waals surface area contributed by atoms with E-state index in [4.69, 9.17) is 25.2 Å². The number of carboxylic acid groups (broad SMARTS) is 1. The number of nitrogens with two attached hydrogens (primary N) is 1. The Hall–Kier alpha value is -8.37. The Morgan fingerprint density at radius 3 is 1.64 bits per heavy atom. The van der Waals surface area contributed by atoms with Crippen molar-refractivity contribution in [2.45, 2.75) is 52.0 Å². The molecule has 3 atom stereocenters. The van der Waals surface area contributed by atoms with E-state index in [-0.39, 0.29) is 68.2 Å². The number of nitrogens with one attached hydrogen (secondary N) is 6. The second-order valence-corrected chi connectivity index (χ2v) is 15.1. The van der Waals surface area contributed by atoms with Crippen molar-refractivity contribution in [1.29, 1.82) is 0 Å². The van der Waals surface area contributed by atoms with E-state index in [2.05, 4.69) is 26.6 Å². The zero-order chi connectivity index (χ0) is 49.1. The number of methoxy groups -OCH3 is 1. The second-order valence-electron chi connectivity index (χ2n) is 15.1. The molecule has 0 saturated carbocycles. The van der Waals surface area contributed by atoms with Crippen LogP contribution in [0.15, 0.2) is 103 Å². The third kappa shape index (κ3) is 12.9. The van der Waals surface area contributed by atoms with Gasteiger partial charge in [0.2, 0.25) is 5.91 Å². The fourth-order valence-electron chi connectivity index (χ4n) is 6.21. The molecule has 0 aliphatic rings. The van der Waals surface area contributed by atoms with Crippen LogP contribution < -0.4 is 47.0 Å². The molecule has 0 fully saturated rings. The summed E-state index contributed by atoms with van der Waals surface area (Å²) in [6, 6.07) is 21.1. The Morgan fingerprint density at radius 1 is 0.627 bits per heavy atom. The first-order chi connectivity index (χ1) is 31.8. The van der Waals surface area contributed by atoms with Crippen LogP contribution in [0.2, 0.25) is 0 Å². The van der Waals surface area contributed by atoms with E-state index in [1.54, 1.807) is 27.7 Å². The fraction of sp³-hybridized carbons (Fsp3) is 0.196. The average molecular weight is 922 g/mol. The number of phenols is 1. The summed E-state index contributed by atoms with van der Waals surface area (Å²) in [5.74, 6) is -6.71. The summed E-state index contributed by atoms with van der Waals surface area (Å²) < 4.78 is 16.8. The van der Waals surface area contributed by atoms with Crippen molar-refractivity contribution in [1.82, 2.24) is 5.32 Å². The Morgan fingerprint density at radius 2 is 1.12 bits per heavy atom. The molecule has 5 aromatic carbocycles. The number of carboxylic acids is 1. The first-order valence-electron chi connectivity index (χ1n) is 20.2. The van der Waals surface area contributed by atoms with Crippen LogP contribution in [0.4, 0.5) is 28.4 Å². The van der Waals surface area contributed by atoms with Gasteiger partial charge >= 0.3 is 5.97 Å². The molecule has 0 aromatic heterocycles. The standard InChI is InChI=1S/C46H47N7O14/c1-23(2)66-35-22-28(46(61)62)12-20-33(35)50-44(59)32-19-21-34(38(37(32)54)67-24(3)4)51-42(57)25-6-15-30(16-7-25)49-45(60)39(65-5)36(40(47)55)52-43(58)26-8-13-29(14-9-26)48-41(56)27-10-17-31(18-11-27)53(63)64/h6-24,36,39,53-54,63H,1-5H3,(H2,47,55)(H,48,56)(H,49,60)(H,50,59)(H,51,57)(H,52,58)(H,61,62). The average Bonchev–Trinajstić information content (AvgIpc) is 3.28. The van der Waals surface area contributed by atoms with Crippen LogP contribution >= 0.6 is 0 Å². The first-order valence-corrected chi connectivity index (χ1v) is 20.2. The summed E-state index contributed by atoms with van der Waals surface area (Å²) in [6.07, 6.45) is -2.51. The van der Waals surface area contributed by atoms with Gasteiger partial charge in [-0.15, -0.1) is 0 Å². The van der Waals surface area contributed by atoms with Gasteiger partial charge in [0.1, 0.15) is 11.8 Å². The van der Waals surface area contributed by atoms with E-state index < -0.39 is 70.6 Å². The molecule has 0 bridgehead atoms. The normalized spacial score (nSPS) is 12.3. The minimum Gasteiger partial charge on any atom is -0.595 e. The van der Waals surface area contributed by atoms with Gasteiger partial charge in [0, 0.05) is 47.3 Å². The van der Waals surface area contributed by atoms with Gasteiger partial charge in [-0.1, -0.05) is 0 Å². The van der Waals surface area contributed by atoms with Crippen LogP contribution in [0.1, 0.15) is 79.5 Å². The number of benzene rings is 5. The Kier molecular flexibility index (Phi) is 16.3. The number of hydrogen-bond acceptors (Lipinski definition) is 13. The van der Waals surface area contributed by atoms with Gasteiger partial charge < -0.3 is 61.9 Å². The number of phenolic OH excluding ortho intramolecular Hbond substituents is 1. The van der Waals surface area contributed by atoms with E-state index in [1.165, 1.54) is 103 Å². The predicted octanol–water partition coefficient (Wildman–Crippen LogP) is 4.06. The van der Waals surface area contributed by atoms with Gasteiger partial charge in [0.15, 0.2) is 23.3 Å². The zero-order valence-electron chi connectivity index (χ0n) is 36.5. The fourth-order valence-corrected chi connectivity index (χ4v) is 6.21. The maximum atomic E-state index is 13.4. The highest BCUT2D eigenvalue weighted by Crippen LogP contribution is 2.39. The van der Waals surface area contributed by atoms with E-state index in [0.717, 1.165) is 7.11 Å². The number of anilines is 4. The van der Waals surface area contributed by atoms with E-state index >= 15 is 0 Å². The molecule has 21 nitrogen and oxygen atoms in total. The molecule has 0 saturated heterocycles. The van der Waals surface area contributed by atoms with Crippen molar-refractivity contribution in [2.24, 2.45) is 5.73 Å². The zero-order valence-corrected chi connectivity index (χ0v) is 36.5. The molecule has 0 aliphatic heterocycles. The number of primary amides is 1. The summed E-state index contributed by atoms with van der Waals surface area (Å²) >= 11 is 0. The van der Waals surface area contributed by atoms with Crippen LogP contribution in [0.25, 0.3) is 0 Å². The van der Waals surface area contributed by atoms with Crippen LogP contribution in [0.3, 0.4) is 0 Å². The molecular formula is C46H47N7O14. The summed E-state index contributed by atoms with van der Waals surface area (Å²) in [5, 5.41) is 52.5. The molecule has 5 rings (SSSR count). The number of ether oxygens (including phenoxy) is 3. The molecule has 11 N–H and O–H groups in total. The largest absolute Gasteiger partial charge is 0.595 e. The first kappa shape index (κ1) is 49.6. The highest BCUT2D eigenvalue weighted by molar-refractivity contribution is 6.10. The van der Waals surface area contributed by atoms with Crippen LogP contribution in [0, 0.1) is 5.21 Å². The minimum absolute atomic E-state index is 0.00648. The lowest BCUT2D eigenvalue weighted by Crippen LogP contribution is -2.99. The Bertz CT molecular complexity index is 2650. The number of carbonyl (C=O) groups is 7. The van der Waals surface area contributed by atoms with Gasteiger partial charge in [0.05, 0.1) is 34.7 Å². The molecule has 0 spiro atoms. The quantitative estimate of drug-likeness (QED) is 0.0523. The van der Waals surface area contributed by atoms with Gasteiger partial charge in [-0.05, 0) is 119 Å². The molecule has 3 unspecified atom stereocenters. The van der Waals surface area contributed by atoms with Crippen LogP contribution in [0.5, 0.6) is 17.2 Å². The SMILES string of the molecule is COC(C(=O)Nc1ccc(C(=O)Nc2ccc(C(=O)Nc3ccc(C(=O)O)cc3OC(C)C)c(O)c2OC(C)C)cc1)C(NC(=O)c1ccc(NC(=O)c2ccc([NH+]([O-])O)cc2)cc1)C(N)=O.